The van der Waals surface area contributed by atoms with Crippen molar-refractivity contribution in [3.63, 3.8) is 0 Å². The predicted molar refractivity (Wildman–Crippen MR) is 139 cm³/mol. The maximum atomic E-state index is 8.79. The van der Waals surface area contributed by atoms with Crippen LogP contribution in [-0.4, -0.2) is 43.8 Å². The highest BCUT2D eigenvalue weighted by Gasteiger charge is 2.28. The minimum atomic E-state index is -0.411. The Bertz CT molecular complexity index is 841. The zero-order valence-corrected chi connectivity index (χ0v) is 20.6. The van der Waals surface area contributed by atoms with Crippen LogP contribution in [0.5, 0.6) is 5.75 Å². The van der Waals surface area contributed by atoms with Crippen LogP contribution < -0.4 is 20.7 Å². The number of rotatable bonds is 14. The highest BCUT2D eigenvalue weighted by atomic mass is 16.5. The lowest BCUT2D eigenvalue weighted by molar-refractivity contribution is 0.340. The number of hydrogen-bond acceptors (Lipinski definition) is 5. The van der Waals surface area contributed by atoms with Crippen molar-refractivity contribution < 1.29 is 4.74 Å². The summed E-state index contributed by atoms with van der Waals surface area (Å²) in [6.45, 7) is 15.6. The molecule has 0 saturated heterocycles. The van der Waals surface area contributed by atoms with Crippen LogP contribution in [0.4, 0.5) is 5.69 Å². The second kappa shape index (κ2) is 14.4. The summed E-state index contributed by atoms with van der Waals surface area (Å²) in [5.41, 5.74) is 4.08. The van der Waals surface area contributed by atoms with Crippen molar-refractivity contribution in [3.05, 3.63) is 59.7 Å². The maximum Gasteiger partial charge on any atom is 0.119 e. The van der Waals surface area contributed by atoms with Crippen LogP contribution in [-0.2, 0) is 6.42 Å². The molecule has 0 fully saturated rings. The summed E-state index contributed by atoms with van der Waals surface area (Å²) in [7, 11) is 1.81. The standard InChI is InChI=1S/C26H41N5O/c1-8-12-18(5)13-14-19(6)23(27)24(29-7)25(30-10-3)26(28)31-22-16-15-21(32-11-4)17-20(22)9-2/h12-17,24-25,27,29-30H,6,8-11H2,1-5,7H3,(H2,28,31)/b14-13-,18-12-,27-23?. The van der Waals surface area contributed by atoms with E-state index in [1.807, 2.05) is 58.2 Å². The van der Waals surface area contributed by atoms with Crippen LogP contribution in [0.25, 0.3) is 0 Å². The van der Waals surface area contributed by atoms with Crippen LogP contribution in [0.1, 0.15) is 46.6 Å². The number of anilines is 1. The second-order valence-electron chi connectivity index (χ2n) is 7.57. The summed E-state index contributed by atoms with van der Waals surface area (Å²) in [5.74, 6) is 1.13. The molecule has 1 aromatic rings. The van der Waals surface area contributed by atoms with Gasteiger partial charge < -0.3 is 26.1 Å². The van der Waals surface area contributed by atoms with E-state index in [9.17, 15) is 0 Å². The fraction of sp³-hybridized carbons (Fsp3) is 0.462. The van der Waals surface area contributed by atoms with E-state index in [-0.39, 0.29) is 0 Å². The normalized spacial score (nSPS) is 13.6. The topological polar surface area (TPSA) is 93.0 Å². The fourth-order valence-corrected chi connectivity index (χ4v) is 3.46. The Balaban J connectivity index is 3.08. The molecule has 0 heterocycles. The third-order valence-electron chi connectivity index (χ3n) is 5.15. The molecule has 0 amide bonds. The first-order valence-electron chi connectivity index (χ1n) is 11.5. The average molecular weight is 440 g/mol. The molecule has 0 aliphatic carbocycles. The summed E-state index contributed by atoms with van der Waals surface area (Å²) < 4.78 is 5.61. The number of ether oxygens (including phenoxy) is 1. The van der Waals surface area contributed by atoms with E-state index in [4.69, 9.17) is 15.6 Å². The molecule has 32 heavy (non-hydrogen) atoms. The van der Waals surface area contributed by atoms with Gasteiger partial charge in [0.15, 0.2) is 0 Å². The van der Waals surface area contributed by atoms with Gasteiger partial charge in [-0.1, -0.05) is 51.2 Å². The molecule has 0 saturated carbocycles. The lowest BCUT2D eigenvalue weighted by Gasteiger charge is -2.30. The summed E-state index contributed by atoms with van der Waals surface area (Å²) in [5, 5.41) is 27.3. The quantitative estimate of drug-likeness (QED) is 0.159. The molecule has 176 valence electrons. The van der Waals surface area contributed by atoms with Crippen molar-refractivity contribution in [3.8, 4) is 5.75 Å². The first-order chi connectivity index (χ1) is 15.3. The Kier molecular flexibility index (Phi) is 12.3. The monoisotopic (exact) mass is 439 g/mol. The van der Waals surface area contributed by atoms with Gasteiger partial charge in [0.1, 0.15) is 11.6 Å². The largest absolute Gasteiger partial charge is 0.494 e. The Morgan fingerprint density at radius 2 is 1.84 bits per heavy atom. The molecule has 5 N–H and O–H groups in total. The molecule has 2 atom stereocenters. The third kappa shape index (κ3) is 8.09. The first-order valence-corrected chi connectivity index (χ1v) is 11.5. The van der Waals surface area contributed by atoms with Crippen molar-refractivity contribution in [1.29, 1.82) is 10.8 Å². The van der Waals surface area contributed by atoms with Gasteiger partial charge in [0.05, 0.1) is 24.4 Å². The SMILES string of the molecule is C=C(/C=C\C(C)=C/CC)C(=N)C(NC)C(NCC)C(=N)Nc1ccc(OCC)cc1CC. The van der Waals surface area contributed by atoms with E-state index in [0.29, 0.717) is 30.3 Å². The van der Waals surface area contributed by atoms with E-state index in [0.717, 1.165) is 35.4 Å². The van der Waals surface area contributed by atoms with Gasteiger partial charge in [-0.15, -0.1) is 0 Å². The Morgan fingerprint density at radius 1 is 1.12 bits per heavy atom. The van der Waals surface area contributed by atoms with E-state index in [2.05, 4.69) is 42.5 Å². The van der Waals surface area contributed by atoms with E-state index >= 15 is 0 Å². The molecule has 0 spiro atoms. The lowest BCUT2D eigenvalue weighted by atomic mass is 9.95. The van der Waals surface area contributed by atoms with Crippen LogP contribution >= 0.6 is 0 Å². The highest BCUT2D eigenvalue weighted by Crippen LogP contribution is 2.23. The van der Waals surface area contributed by atoms with Gasteiger partial charge in [-0.3, -0.25) is 5.41 Å². The van der Waals surface area contributed by atoms with Crippen LogP contribution in [0.15, 0.2) is 54.2 Å². The van der Waals surface area contributed by atoms with Crippen LogP contribution in [0.3, 0.4) is 0 Å². The minimum Gasteiger partial charge on any atom is -0.494 e. The molecular weight excluding hydrogens is 398 g/mol. The average Bonchev–Trinajstić information content (AvgIpc) is 2.78. The van der Waals surface area contributed by atoms with Gasteiger partial charge in [-0.2, -0.15) is 0 Å². The lowest BCUT2D eigenvalue weighted by Crippen LogP contribution is -2.57. The van der Waals surface area contributed by atoms with Crippen molar-refractivity contribution in [2.75, 3.05) is 25.5 Å². The van der Waals surface area contributed by atoms with Gasteiger partial charge in [0.2, 0.25) is 0 Å². The third-order valence-corrected chi connectivity index (χ3v) is 5.15. The Hall–Kier alpha value is -2.70. The second-order valence-corrected chi connectivity index (χ2v) is 7.57. The molecule has 2 unspecified atom stereocenters. The number of aryl methyl sites for hydroxylation is 1. The fourth-order valence-electron chi connectivity index (χ4n) is 3.46. The van der Waals surface area contributed by atoms with Gasteiger partial charge >= 0.3 is 0 Å². The van der Waals surface area contributed by atoms with Crippen molar-refractivity contribution in [2.45, 2.75) is 59.5 Å². The predicted octanol–water partition coefficient (Wildman–Crippen LogP) is 5.09. The Morgan fingerprint density at radius 3 is 2.41 bits per heavy atom. The smallest absolute Gasteiger partial charge is 0.119 e. The van der Waals surface area contributed by atoms with E-state index in [1.165, 1.54) is 0 Å². The van der Waals surface area contributed by atoms with Gasteiger partial charge in [0, 0.05) is 5.69 Å². The van der Waals surface area contributed by atoms with Crippen molar-refractivity contribution in [2.24, 2.45) is 0 Å². The van der Waals surface area contributed by atoms with Gasteiger partial charge in [-0.25, -0.2) is 0 Å². The number of hydrogen-bond donors (Lipinski definition) is 5. The molecule has 1 aromatic carbocycles. The zero-order valence-electron chi connectivity index (χ0n) is 20.6. The number of likely N-dealkylation sites (N-methyl/N-ethyl adjacent to an activating group) is 2. The van der Waals surface area contributed by atoms with E-state index < -0.39 is 12.1 Å². The summed E-state index contributed by atoms with van der Waals surface area (Å²) in [4.78, 5) is 0. The summed E-state index contributed by atoms with van der Waals surface area (Å²) >= 11 is 0. The molecular formula is C26H41N5O. The van der Waals surface area contributed by atoms with Crippen LogP contribution in [0.2, 0.25) is 0 Å². The molecule has 0 radical (unpaired) electrons. The van der Waals surface area contributed by atoms with Crippen LogP contribution in [0, 0.1) is 10.8 Å². The molecule has 0 aromatic heterocycles. The number of nitrogens with one attached hydrogen (secondary N) is 5. The highest BCUT2D eigenvalue weighted by molar-refractivity contribution is 6.09. The minimum absolute atomic E-state index is 0.300. The molecule has 6 nitrogen and oxygen atoms in total. The Labute approximate surface area is 194 Å². The van der Waals surface area contributed by atoms with Gasteiger partial charge in [0.25, 0.3) is 0 Å². The first kappa shape index (κ1) is 27.3. The number of benzene rings is 1. The van der Waals surface area contributed by atoms with Gasteiger partial charge in [-0.05, 0) is 69.6 Å². The molecule has 6 heteroatoms. The molecule has 0 bridgehead atoms. The molecule has 0 aliphatic rings. The molecule has 0 aliphatic heterocycles. The number of amidine groups is 1. The summed E-state index contributed by atoms with van der Waals surface area (Å²) in [6.07, 6.45) is 7.77. The summed E-state index contributed by atoms with van der Waals surface area (Å²) in [6, 6.07) is 5.06. The molecule has 1 rings (SSSR count). The zero-order chi connectivity index (χ0) is 24.1. The van der Waals surface area contributed by atoms with Crippen molar-refractivity contribution >= 4 is 17.2 Å². The maximum absolute atomic E-state index is 8.79. The number of allylic oxidation sites excluding steroid dienone is 4. The van der Waals surface area contributed by atoms with Crippen molar-refractivity contribution in [1.82, 2.24) is 10.6 Å². The van der Waals surface area contributed by atoms with E-state index in [1.54, 1.807) is 0 Å².